The Balaban J connectivity index is 2.26. The fourth-order valence-corrected chi connectivity index (χ4v) is 2.21. The summed E-state index contributed by atoms with van der Waals surface area (Å²) in [5.74, 6) is 0.386. The van der Waals surface area contributed by atoms with Crippen molar-refractivity contribution in [1.29, 1.82) is 0 Å². The second-order valence-electron chi connectivity index (χ2n) is 3.25. The van der Waals surface area contributed by atoms with Crippen molar-refractivity contribution >= 4 is 11.9 Å². The molecule has 1 aromatic carbocycles. The van der Waals surface area contributed by atoms with E-state index >= 15 is 0 Å². The first-order chi connectivity index (χ1) is 6.29. The van der Waals surface area contributed by atoms with Gasteiger partial charge in [0, 0.05) is 13.1 Å². The first-order valence-electron chi connectivity index (χ1n) is 4.39. The number of rotatable bonds is 1. The maximum Gasteiger partial charge on any atom is 0.115 e. The molecule has 2 nitrogen and oxygen atoms in total. The third-order valence-electron chi connectivity index (χ3n) is 2.43. The summed E-state index contributed by atoms with van der Waals surface area (Å²) in [5.41, 5.74) is 2.64. The van der Waals surface area contributed by atoms with Crippen molar-refractivity contribution in [1.82, 2.24) is 4.31 Å². The van der Waals surface area contributed by atoms with Gasteiger partial charge in [0.05, 0.1) is 0 Å². The molecule has 0 bridgehead atoms. The van der Waals surface area contributed by atoms with E-state index < -0.39 is 0 Å². The molecule has 70 valence electrons. The van der Waals surface area contributed by atoms with Crippen LogP contribution < -0.4 is 0 Å². The van der Waals surface area contributed by atoms with Gasteiger partial charge in [-0.05, 0) is 35.9 Å². The molecule has 0 saturated carbocycles. The van der Waals surface area contributed by atoms with E-state index in [0.29, 0.717) is 5.75 Å². The van der Waals surface area contributed by atoms with E-state index in [1.165, 1.54) is 11.1 Å². The predicted octanol–water partition coefficient (Wildman–Crippen LogP) is 2.03. The highest BCUT2D eigenvalue weighted by molar-refractivity contribution is 7.96. The maximum absolute atomic E-state index is 9.29. The molecule has 2 rings (SSSR count). The third-order valence-corrected chi connectivity index (χ3v) is 3.25. The summed E-state index contributed by atoms with van der Waals surface area (Å²) in [6.45, 7) is 2.08. The summed E-state index contributed by atoms with van der Waals surface area (Å²) in [5, 5.41) is 9.29. The van der Waals surface area contributed by atoms with Crippen molar-refractivity contribution < 1.29 is 5.11 Å². The van der Waals surface area contributed by atoms with Crippen LogP contribution in [0.1, 0.15) is 11.1 Å². The maximum atomic E-state index is 9.29. The van der Waals surface area contributed by atoms with E-state index in [1.54, 1.807) is 18.0 Å². The topological polar surface area (TPSA) is 23.5 Å². The van der Waals surface area contributed by atoms with Crippen LogP contribution in [0.15, 0.2) is 18.2 Å². The van der Waals surface area contributed by atoms with Crippen molar-refractivity contribution in [3.8, 4) is 5.75 Å². The van der Waals surface area contributed by atoms with E-state index in [2.05, 4.69) is 10.6 Å². The second kappa shape index (κ2) is 3.60. The van der Waals surface area contributed by atoms with Gasteiger partial charge in [0.15, 0.2) is 0 Å². The molecule has 0 aromatic heterocycles. The van der Waals surface area contributed by atoms with Gasteiger partial charge in [-0.3, -0.25) is 0 Å². The number of benzene rings is 1. The molecule has 13 heavy (non-hydrogen) atoms. The Labute approximate surface area is 82.7 Å². The van der Waals surface area contributed by atoms with Crippen LogP contribution >= 0.6 is 11.9 Å². The zero-order valence-electron chi connectivity index (χ0n) is 7.66. The number of fused-ring (bicyclic) bond motifs is 1. The Bertz CT molecular complexity index is 314. The summed E-state index contributed by atoms with van der Waals surface area (Å²) in [4.78, 5) is 0. The Morgan fingerprint density at radius 1 is 1.38 bits per heavy atom. The van der Waals surface area contributed by atoms with Gasteiger partial charge in [-0.15, -0.1) is 0 Å². The molecule has 1 aliphatic heterocycles. The fourth-order valence-electron chi connectivity index (χ4n) is 1.67. The van der Waals surface area contributed by atoms with Crippen LogP contribution in [0.25, 0.3) is 0 Å². The minimum absolute atomic E-state index is 0.386. The van der Waals surface area contributed by atoms with Gasteiger partial charge in [-0.1, -0.05) is 18.0 Å². The summed E-state index contributed by atoms with van der Waals surface area (Å²) < 4.78 is 2.33. The Hall–Kier alpha value is -0.670. The predicted molar refractivity (Wildman–Crippen MR) is 55.7 cm³/mol. The molecular weight excluding hydrogens is 182 g/mol. The molecule has 1 aliphatic rings. The lowest BCUT2D eigenvalue weighted by atomic mass is 10.0. The molecule has 0 saturated heterocycles. The lowest BCUT2D eigenvalue weighted by Gasteiger charge is -2.26. The number of hydrogen-bond donors (Lipinski definition) is 1. The third kappa shape index (κ3) is 1.81. The Morgan fingerprint density at radius 2 is 2.23 bits per heavy atom. The second-order valence-corrected chi connectivity index (χ2v) is 4.13. The van der Waals surface area contributed by atoms with Gasteiger partial charge < -0.3 is 5.11 Å². The monoisotopic (exact) mass is 195 g/mol. The van der Waals surface area contributed by atoms with Crippen molar-refractivity contribution in [3.05, 3.63) is 29.3 Å². The van der Waals surface area contributed by atoms with Gasteiger partial charge in [0.25, 0.3) is 0 Å². The quantitative estimate of drug-likeness (QED) is 0.694. The number of nitrogens with zero attached hydrogens (tertiary/aromatic N) is 1. The van der Waals surface area contributed by atoms with Crippen LogP contribution in [0.2, 0.25) is 0 Å². The lowest BCUT2D eigenvalue weighted by molar-refractivity contribution is 0.439. The van der Waals surface area contributed by atoms with Gasteiger partial charge >= 0.3 is 0 Å². The summed E-state index contributed by atoms with van der Waals surface area (Å²) in [6.07, 6.45) is 3.15. The normalized spacial score (nSPS) is 17.0. The number of hydrogen-bond acceptors (Lipinski definition) is 3. The van der Waals surface area contributed by atoms with Crippen LogP contribution in [0.3, 0.4) is 0 Å². The molecule has 0 atom stereocenters. The average Bonchev–Trinajstić information content (AvgIpc) is 2.17. The molecule has 0 fully saturated rings. The molecule has 0 radical (unpaired) electrons. The minimum Gasteiger partial charge on any atom is -0.508 e. The van der Waals surface area contributed by atoms with Crippen LogP contribution in [0, 0.1) is 0 Å². The molecule has 3 heteroatoms. The average molecular weight is 195 g/mol. The van der Waals surface area contributed by atoms with E-state index in [9.17, 15) is 5.11 Å². The zero-order chi connectivity index (χ0) is 9.26. The molecule has 1 N–H and O–H groups in total. The Morgan fingerprint density at radius 3 is 3.00 bits per heavy atom. The highest BCUT2D eigenvalue weighted by Crippen LogP contribution is 2.25. The van der Waals surface area contributed by atoms with Crippen LogP contribution in [0.4, 0.5) is 0 Å². The molecule has 0 unspecified atom stereocenters. The number of phenolic OH excluding ortho intramolecular Hbond substituents is 1. The molecular formula is C10H13NOS. The Kier molecular flexibility index (Phi) is 2.47. The molecule has 0 amide bonds. The van der Waals surface area contributed by atoms with E-state index in [4.69, 9.17) is 0 Å². The minimum atomic E-state index is 0.386. The zero-order valence-corrected chi connectivity index (χ0v) is 8.47. The van der Waals surface area contributed by atoms with E-state index in [0.717, 1.165) is 19.5 Å². The van der Waals surface area contributed by atoms with Gasteiger partial charge in [0.2, 0.25) is 0 Å². The van der Waals surface area contributed by atoms with Crippen molar-refractivity contribution in [2.75, 3.05) is 12.8 Å². The first-order valence-corrected chi connectivity index (χ1v) is 5.57. The highest BCUT2D eigenvalue weighted by atomic mass is 32.2. The van der Waals surface area contributed by atoms with Crippen LogP contribution in [-0.2, 0) is 13.0 Å². The molecule has 0 aliphatic carbocycles. The standard InChI is InChI=1S/C10H13NOS/c1-13-11-5-4-8-6-10(12)3-2-9(8)7-11/h2-3,6,12H,4-5,7H2,1H3. The molecule has 1 aromatic rings. The largest absolute Gasteiger partial charge is 0.508 e. The van der Waals surface area contributed by atoms with Gasteiger partial charge in [-0.25, -0.2) is 4.31 Å². The van der Waals surface area contributed by atoms with Crippen molar-refractivity contribution in [2.24, 2.45) is 0 Å². The van der Waals surface area contributed by atoms with Crippen LogP contribution in [0.5, 0.6) is 5.75 Å². The number of phenols is 1. The summed E-state index contributed by atoms with van der Waals surface area (Å²) in [7, 11) is 0. The smallest absolute Gasteiger partial charge is 0.115 e. The van der Waals surface area contributed by atoms with Gasteiger partial charge in [-0.2, -0.15) is 0 Å². The molecule has 0 spiro atoms. The van der Waals surface area contributed by atoms with Gasteiger partial charge in [0.1, 0.15) is 5.75 Å². The number of aromatic hydroxyl groups is 1. The lowest BCUT2D eigenvalue weighted by Crippen LogP contribution is -2.24. The first kappa shape index (κ1) is 8.91. The van der Waals surface area contributed by atoms with E-state index in [-0.39, 0.29) is 0 Å². The van der Waals surface area contributed by atoms with Crippen LogP contribution in [-0.4, -0.2) is 22.2 Å². The summed E-state index contributed by atoms with van der Waals surface area (Å²) >= 11 is 1.78. The summed E-state index contributed by atoms with van der Waals surface area (Å²) in [6, 6.07) is 5.67. The van der Waals surface area contributed by atoms with Crippen molar-refractivity contribution in [3.63, 3.8) is 0 Å². The highest BCUT2D eigenvalue weighted by Gasteiger charge is 2.15. The molecule has 1 heterocycles. The van der Waals surface area contributed by atoms with Crippen molar-refractivity contribution in [2.45, 2.75) is 13.0 Å². The fraction of sp³-hybridized carbons (Fsp3) is 0.400. The van der Waals surface area contributed by atoms with E-state index in [1.807, 2.05) is 12.1 Å². The SMILES string of the molecule is CSN1CCc2cc(O)ccc2C1.